The van der Waals surface area contributed by atoms with E-state index in [1.165, 1.54) is 22.3 Å². The lowest BCUT2D eigenvalue weighted by atomic mass is 10.00. The van der Waals surface area contributed by atoms with Crippen LogP contribution in [0.5, 0.6) is 5.75 Å². The first-order chi connectivity index (χ1) is 13.9. The molecule has 0 bridgehead atoms. The largest absolute Gasteiger partial charge is 0.496 e. The smallest absolute Gasteiger partial charge is 0.122 e. The number of hydrogen-bond acceptors (Lipinski definition) is 5. The van der Waals surface area contributed by atoms with E-state index in [-0.39, 0.29) is 6.61 Å². The van der Waals surface area contributed by atoms with Crippen LogP contribution in [0.3, 0.4) is 0 Å². The van der Waals surface area contributed by atoms with E-state index >= 15 is 0 Å². The fraction of sp³-hybridized carbons (Fsp3) is 0.609. The van der Waals surface area contributed by atoms with Crippen LogP contribution in [-0.4, -0.2) is 64.1 Å². The monoisotopic (exact) mass is 400 g/mol. The van der Waals surface area contributed by atoms with Crippen LogP contribution in [0.4, 0.5) is 0 Å². The number of rotatable bonds is 8. The van der Waals surface area contributed by atoms with Gasteiger partial charge in [-0.05, 0) is 56.9 Å². The predicted octanol–water partition coefficient (Wildman–Crippen LogP) is 3.16. The maximum absolute atomic E-state index is 9.63. The summed E-state index contributed by atoms with van der Waals surface area (Å²) in [5.41, 5.74) is 5.12. The van der Waals surface area contributed by atoms with Gasteiger partial charge in [-0.25, -0.2) is 0 Å². The van der Waals surface area contributed by atoms with Crippen LogP contribution in [-0.2, 0) is 13.1 Å². The maximum atomic E-state index is 9.63. The van der Waals surface area contributed by atoms with Crippen molar-refractivity contribution in [2.75, 3.05) is 33.4 Å². The average Bonchev–Trinajstić information content (AvgIpc) is 3.16. The summed E-state index contributed by atoms with van der Waals surface area (Å²) in [5.74, 6) is 0.949. The van der Waals surface area contributed by atoms with Crippen LogP contribution >= 0.6 is 0 Å². The second-order valence-corrected chi connectivity index (χ2v) is 8.47. The number of aromatic nitrogens is 2. The number of ether oxygens (including phenoxy) is 1. The van der Waals surface area contributed by atoms with E-state index in [0.717, 1.165) is 44.9 Å². The fourth-order valence-corrected chi connectivity index (χ4v) is 4.19. The summed E-state index contributed by atoms with van der Waals surface area (Å²) < 4.78 is 7.48. The normalized spacial score (nSPS) is 18.5. The summed E-state index contributed by atoms with van der Waals surface area (Å²) in [6.45, 7) is 13.7. The van der Waals surface area contributed by atoms with Crippen molar-refractivity contribution in [1.29, 1.82) is 0 Å². The maximum Gasteiger partial charge on any atom is 0.122 e. The SMILES string of the molecule is COc1ccc(CN2CCN(Cc3cnn(C(C)C)c3)CC2CCO)c(C)c1C. The van der Waals surface area contributed by atoms with E-state index in [0.29, 0.717) is 12.1 Å². The van der Waals surface area contributed by atoms with E-state index in [9.17, 15) is 5.11 Å². The van der Waals surface area contributed by atoms with Crippen molar-refractivity contribution in [2.45, 2.75) is 59.3 Å². The summed E-state index contributed by atoms with van der Waals surface area (Å²) in [4.78, 5) is 5.02. The molecule has 1 N–H and O–H groups in total. The van der Waals surface area contributed by atoms with Crippen LogP contribution in [0.25, 0.3) is 0 Å². The summed E-state index contributed by atoms with van der Waals surface area (Å²) in [5, 5.41) is 14.1. The third-order valence-electron chi connectivity index (χ3n) is 6.18. The minimum absolute atomic E-state index is 0.223. The van der Waals surface area contributed by atoms with Gasteiger partial charge in [0.15, 0.2) is 0 Å². The molecule has 6 heteroatoms. The quantitative estimate of drug-likeness (QED) is 0.738. The Morgan fingerprint density at radius 3 is 2.62 bits per heavy atom. The Hall–Kier alpha value is -1.89. The zero-order valence-electron chi connectivity index (χ0n) is 18.6. The van der Waals surface area contributed by atoms with Crippen LogP contribution in [0, 0.1) is 13.8 Å². The molecule has 1 fully saturated rings. The van der Waals surface area contributed by atoms with Gasteiger partial charge in [0.2, 0.25) is 0 Å². The first-order valence-electron chi connectivity index (χ1n) is 10.7. The highest BCUT2D eigenvalue weighted by atomic mass is 16.5. The van der Waals surface area contributed by atoms with E-state index in [1.54, 1.807) is 7.11 Å². The van der Waals surface area contributed by atoms with Gasteiger partial charge < -0.3 is 9.84 Å². The number of benzene rings is 1. The molecule has 0 saturated carbocycles. The molecule has 1 atom stereocenters. The lowest BCUT2D eigenvalue weighted by Gasteiger charge is -2.41. The molecular formula is C23H36N4O2. The molecule has 0 aliphatic carbocycles. The topological polar surface area (TPSA) is 53.8 Å². The minimum Gasteiger partial charge on any atom is -0.496 e. The zero-order chi connectivity index (χ0) is 21.0. The molecule has 3 rings (SSSR count). The zero-order valence-corrected chi connectivity index (χ0v) is 18.6. The number of nitrogens with zero attached hydrogens (tertiary/aromatic N) is 4. The van der Waals surface area contributed by atoms with Crippen molar-refractivity contribution in [1.82, 2.24) is 19.6 Å². The molecule has 0 spiro atoms. The van der Waals surface area contributed by atoms with Crippen LogP contribution in [0.2, 0.25) is 0 Å². The lowest BCUT2D eigenvalue weighted by molar-refractivity contribution is 0.0498. The molecule has 1 aliphatic rings. The van der Waals surface area contributed by atoms with Crippen molar-refractivity contribution in [3.8, 4) is 5.75 Å². The molecule has 6 nitrogen and oxygen atoms in total. The van der Waals surface area contributed by atoms with Crippen molar-refractivity contribution < 1.29 is 9.84 Å². The van der Waals surface area contributed by atoms with Crippen molar-refractivity contribution >= 4 is 0 Å². The molecule has 0 radical (unpaired) electrons. The first kappa shape index (κ1) is 21.8. The second kappa shape index (κ2) is 9.74. The molecule has 2 aromatic rings. The third kappa shape index (κ3) is 5.18. The molecule has 0 amide bonds. The average molecular weight is 401 g/mol. The van der Waals surface area contributed by atoms with E-state index in [1.807, 2.05) is 10.9 Å². The molecule has 1 aliphatic heterocycles. The Bertz CT molecular complexity index is 802. The van der Waals surface area contributed by atoms with Gasteiger partial charge in [0.05, 0.1) is 13.3 Å². The molecule has 1 unspecified atom stereocenters. The number of piperazine rings is 1. The first-order valence-corrected chi connectivity index (χ1v) is 10.7. The van der Waals surface area contributed by atoms with Gasteiger partial charge >= 0.3 is 0 Å². The standard InChI is InChI=1S/C23H36N4O2/c1-17(2)27-14-20(12-24-27)13-25-9-10-26(22(16-25)8-11-28)15-21-6-7-23(29-5)19(4)18(21)3/h6-7,12,14,17,22,28H,8-11,13,15-16H2,1-5H3. The number of methoxy groups -OCH3 is 1. The van der Waals surface area contributed by atoms with Crippen LogP contribution in [0.1, 0.15) is 48.6 Å². The third-order valence-corrected chi connectivity index (χ3v) is 6.18. The van der Waals surface area contributed by atoms with Gasteiger partial charge in [-0.1, -0.05) is 6.07 Å². The van der Waals surface area contributed by atoms with Gasteiger partial charge in [-0.15, -0.1) is 0 Å². The van der Waals surface area contributed by atoms with Gasteiger partial charge in [0, 0.05) is 63.2 Å². The van der Waals surface area contributed by atoms with Gasteiger partial charge in [0.1, 0.15) is 5.75 Å². The van der Waals surface area contributed by atoms with E-state index in [4.69, 9.17) is 4.74 Å². The Morgan fingerprint density at radius 2 is 1.97 bits per heavy atom. The number of aliphatic hydroxyl groups excluding tert-OH is 1. The van der Waals surface area contributed by atoms with Crippen molar-refractivity contribution in [3.05, 3.63) is 46.8 Å². The Kier molecular flexibility index (Phi) is 7.33. The highest BCUT2D eigenvalue weighted by molar-refractivity contribution is 5.43. The molecule has 29 heavy (non-hydrogen) atoms. The minimum atomic E-state index is 0.223. The Morgan fingerprint density at radius 1 is 1.17 bits per heavy atom. The molecule has 2 heterocycles. The van der Waals surface area contributed by atoms with E-state index in [2.05, 4.69) is 60.9 Å². The van der Waals surface area contributed by atoms with Gasteiger partial charge in [-0.3, -0.25) is 14.5 Å². The summed E-state index contributed by atoms with van der Waals surface area (Å²) in [6.07, 6.45) is 4.94. The van der Waals surface area contributed by atoms with Crippen molar-refractivity contribution in [3.63, 3.8) is 0 Å². The van der Waals surface area contributed by atoms with E-state index < -0.39 is 0 Å². The summed E-state index contributed by atoms with van der Waals surface area (Å²) in [6, 6.07) is 5.00. The highest BCUT2D eigenvalue weighted by Gasteiger charge is 2.27. The second-order valence-electron chi connectivity index (χ2n) is 8.47. The fourth-order valence-electron chi connectivity index (χ4n) is 4.19. The lowest BCUT2D eigenvalue weighted by Crippen LogP contribution is -2.52. The molecule has 1 aromatic heterocycles. The van der Waals surface area contributed by atoms with Gasteiger partial charge in [-0.2, -0.15) is 5.10 Å². The molecule has 1 aromatic carbocycles. The molecular weight excluding hydrogens is 364 g/mol. The number of hydrogen-bond donors (Lipinski definition) is 1. The summed E-state index contributed by atoms with van der Waals surface area (Å²) >= 11 is 0. The predicted molar refractivity (Wildman–Crippen MR) is 116 cm³/mol. The molecule has 160 valence electrons. The Labute approximate surface area is 175 Å². The van der Waals surface area contributed by atoms with Gasteiger partial charge in [0.25, 0.3) is 0 Å². The summed E-state index contributed by atoms with van der Waals surface area (Å²) in [7, 11) is 1.73. The van der Waals surface area contributed by atoms with Crippen molar-refractivity contribution in [2.24, 2.45) is 0 Å². The highest BCUT2D eigenvalue weighted by Crippen LogP contribution is 2.26. The number of aliphatic hydroxyl groups is 1. The Balaban J connectivity index is 1.66. The van der Waals surface area contributed by atoms with Crippen LogP contribution < -0.4 is 4.74 Å². The molecule has 1 saturated heterocycles. The van der Waals surface area contributed by atoms with Crippen LogP contribution in [0.15, 0.2) is 24.5 Å².